The summed E-state index contributed by atoms with van der Waals surface area (Å²) in [6.45, 7) is 2.49. The Morgan fingerprint density at radius 3 is 1.90 bits per heavy atom. The van der Waals surface area contributed by atoms with Gasteiger partial charge in [-0.1, -0.05) is 105 Å². The van der Waals surface area contributed by atoms with E-state index < -0.39 is 41.6 Å². The smallest absolute Gasteiger partial charge is 0.244 e. The summed E-state index contributed by atoms with van der Waals surface area (Å²) in [5, 5.41) is 17.5. The zero-order chi connectivity index (χ0) is 37.0. The molecule has 0 aromatic heterocycles. The molecule has 3 aromatic carbocycles. The van der Waals surface area contributed by atoms with Crippen LogP contribution in [0, 0.1) is 5.92 Å². The first-order valence-electron chi connectivity index (χ1n) is 17.4. The van der Waals surface area contributed by atoms with E-state index >= 15 is 0 Å². The maximum Gasteiger partial charge on any atom is 0.244 e. The Kier molecular flexibility index (Phi) is 17.0. The number of ketones is 1. The molecule has 0 bridgehead atoms. The van der Waals surface area contributed by atoms with Gasteiger partial charge in [0.15, 0.2) is 5.78 Å². The highest BCUT2D eigenvalue weighted by Crippen LogP contribution is 2.16. The third-order valence-electron chi connectivity index (χ3n) is 8.49. The fraction of sp³-hybridized carbons (Fsp3) is 0.385. The summed E-state index contributed by atoms with van der Waals surface area (Å²) in [7, 11) is 0. The highest BCUT2D eigenvalue weighted by molar-refractivity contribution is 6.09. The lowest BCUT2D eigenvalue weighted by Gasteiger charge is -2.24. The van der Waals surface area contributed by atoms with Gasteiger partial charge in [-0.15, -0.1) is 0 Å². The zero-order valence-corrected chi connectivity index (χ0v) is 29.1. The van der Waals surface area contributed by atoms with Gasteiger partial charge in [0.2, 0.25) is 29.5 Å². The second-order valence-electron chi connectivity index (χ2n) is 12.5. The van der Waals surface area contributed by atoms with Crippen LogP contribution in [0.4, 0.5) is 0 Å². The van der Waals surface area contributed by atoms with Crippen LogP contribution in [0.5, 0.6) is 0 Å². The van der Waals surface area contributed by atoms with Crippen molar-refractivity contribution in [3.8, 4) is 0 Å². The molecule has 0 spiro atoms. The second-order valence-corrected chi connectivity index (χ2v) is 12.5. The van der Waals surface area contributed by atoms with Crippen molar-refractivity contribution in [2.45, 2.75) is 83.2 Å². The molecule has 51 heavy (non-hydrogen) atoms. The summed E-state index contributed by atoms with van der Waals surface area (Å²) in [6.07, 6.45) is 4.39. The number of amides is 5. The predicted octanol–water partition coefficient (Wildman–Crippen LogP) is 3.54. The van der Waals surface area contributed by atoms with Crippen molar-refractivity contribution in [1.82, 2.24) is 21.4 Å². The summed E-state index contributed by atoms with van der Waals surface area (Å²) in [5.41, 5.74) is 9.58. The van der Waals surface area contributed by atoms with Gasteiger partial charge < -0.3 is 21.7 Å². The quantitative estimate of drug-likeness (QED) is 0.0399. The van der Waals surface area contributed by atoms with E-state index in [9.17, 15) is 34.0 Å². The van der Waals surface area contributed by atoms with Crippen LogP contribution in [0.25, 0.3) is 0 Å². The van der Waals surface area contributed by atoms with Crippen LogP contribution in [-0.4, -0.2) is 59.2 Å². The van der Waals surface area contributed by atoms with E-state index in [1.807, 2.05) is 12.1 Å². The van der Waals surface area contributed by atoms with Gasteiger partial charge in [0.05, 0.1) is 5.92 Å². The summed E-state index contributed by atoms with van der Waals surface area (Å²) < 4.78 is 0. The number of hydrogen-bond donors (Lipinski definition) is 6. The molecule has 3 atom stereocenters. The Labute approximate surface area is 298 Å². The molecule has 0 aliphatic rings. The molecule has 0 aliphatic heterocycles. The van der Waals surface area contributed by atoms with E-state index in [-0.39, 0.29) is 37.4 Å². The van der Waals surface area contributed by atoms with Crippen molar-refractivity contribution in [3.63, 3.8) is 0 Å². The number of hydrogen-bond acceptors (Lipinski definition) is 7. The number of hydroxylamine groups is 1. The van der Waals surface area contributed by atoms with Crippen LogP contribution >= 0.6 is 0 Å². The molecule has 5 amide bonds. The number of unbranched alkanes of at least 4 members (excludes halogenated alkanes) is 3. The number of rotatable bonds is 22. The van der Waals surface area contributed by atoms with E-state index in [0.29, 0.717) is 42.5 Å². The number of benzene rings is 3. The van der Waals surface area contributed by atoms with Crippen molar-refractivity contribution in [2.24, 2.45) is 11.7 Å². The molecular formula is C39H49N5O7. The molecule has 3 aromatic rings. The third-order valence-corrected chi connectivity index (χ3v) is 8.49. The Balaban J connectivity index is 1.75. The lowest BCUT2D eigenvalue weighted by molar-refractivity contribution is -0.136. The first kappa shape index (κ1) is 40.1. The van der Waals surface area contributed by atoms with Gasteiger partial charge in [0.1, 0.15) is 12.1 Å². The molecule has 12 heteroatoms. The van der Waals surface area contributed by atoms with E-state index in [0.717, 1.165) is 24.8 Å². The Morgan fingerprint density at radius 1 is 0.667 bits per heavy atom. The lowest BCUT2D eigenvalue weighted by atomic mass is 9.94. The van der Waals surface area contributed by atoms with Crippen molar-refractivity contribution in [1.29, 1.82) is 0 Å². The Hall–Kier alpha value is -5.36. The Morgan fingerprint density at radius 2 is 1.27 bits per heavy atom. The maximum atomic E-state index is 13.8. The SMILES string of the molecule is CCCCCC(=O)NCCCCC(NC(=O)[C@H](Cc1ccc(C(=O)c2ccccc2)cc1)NC(=O)[C@@H](CC(=O)NO)Cc1ccccc1)C(N)=O. The number of carbonyl (C=O) groups excluding carboxylic acids is 6. The number of nitrogens with two attached hydrogens (primary N) is 1. The highest BCUT2D eigenvalue weighted by Gasteiger charge is 2.30. The first-order chi connectivity index (χ1) is 24.6. The minimum Gasteiger partial charge on any atom is -0.368 e. The van der Waals surface area contributed by atoms with Crippen molar-refractivity contribution < 1.29 is 34.0 Å². The molecule has 0 saturated heterocycles. The number of primary amides is 1. The van der Waals surface area contributed by atoms with Gasteiger partial charge in [-0.05, 0) is 43.2 Å². The second kappa shape index (κ2) is 21.7. The fourth-order valence-corrected chi connectivity index (χ4v) is 5.59. The summed E-state index contributed by atoms with van der Waals surface area (Å²) in [5.74, 6) is -3.92. The van der Waals surface area contributed by atoms with Gasteiger partial charge in [0.25, 0.3) is 0 Å². The van der Waals surface area contributed by atoms with Gasteiger partial charge in [-0.25, -0.2) is 5.48 Å². The van der Waals surface area contributed by atoms with E-state index in [4.69, 9.17) is 5.73 Å². The minimum atomic E-state index is -1.19. The first-order valence-corrected chi connectivity index (χ1v) is 17.4. The lowest BCUT2D eigenvalue weighted by Crippen LogP contribution is -2.54. The van der Waals surface area contributed by atoms with Crippen LogP contribution in [0.3, 0.4) is 0 Å². The predicted molar refractivity (Wildman–Crippen MR) is 192 cm³/mol. The van der Waals surface area contributed by atoms with E-state index in [1.165, 1.54) is 0 Å². The third kappa shape index (κ3) is 14.2. The molecule has 272 valence electrons. The zero-order valence-electron chi connectivity index (χ0n) is 29.1. The van der Waals surface area contributed by atoms with Crippen LogP contribution in [0.1, 0.15) is 85.3 Å². The molecular weight excluding hydrogens is 650 g/mol. The number of carbonyl (C=O) groups is 6. The summed E-state index contributed by atoms with van der Waals surface area (Å²) in [4.78, 5) is 76.9. The normalized spacial score (nSPS) is 12.5. The summed E-state index contributed by atoms with van der Waals surface area (Å²) in [6, 6.07) is 22.2. The molecule has 0 fully saturated rings. The van der Waals surface area contributed by atoms with Crippen LogP contribution in [0.2, 0.25) is 0 Å². The highest BCUT2D eigenvalue weighted by atomic mass is 16.5. The van der Waals surface area contributed by atoms with Crippen molar-refractivity contribution in [2.75, 3.05) is 6.54 Å². The molecule has 7 N–H and O–H groups in total. The van der Waals surface area contributed by atoms with Crippen molar-refractivity contribution in [3.05, 3.63) is 107 Å². The summed E-state index contributed by atoms with van der Waals surface area (Å²) >= 11 is 0. The molecule has 0 radical (unpaired) electrons. The molecule has 3 rings (SSSR count). The fourth-order valence-electron chi connectivity index (χ4n) is 5.59. The van der Waals surface area contributed by atoms with Gasteiger partial charge in [0, 0.05) is 36.9 Å². The van der Waals surface area contributed by atoms with E-state index in [1.54, 1.807) is 78.3 Å². The van der Waals surface area contributed by atoms with Crippen LogP contribution < -0.4 is 27.2 Å². The average molecular weight is 700 g/mol. The standard InChI is InChI=1S/C39H49N5O7/c1-2-3-6-18-34(45)41-23-12-11-17-32(37(40)48)42-39(50)33(25-28-19-21-30(22-20-28)36(47)29-15-9-5-10-16-29)43-38(49)31(26-35(46)44-51)24-27-13-7-4-8-14-27/h4-5,7-10,13-16,19-22,31-33,51H,2-3,6,11-12,17-18,23-26H2,1H3,(H2,40,48)(H,41,45)(H,42,50)(H,43,49)(H,44,46)/t31-,32?,33+/m1/s1. The van der Waals surface area contributed by atoms with Gasteiger partial charge in [-0.2, -0.15) is 0 Å². The monoisotopic (exact) mass is 699 g/mol. The molecule has 12 nitrogen and oxygen atoms in total. The van der Waals surface area contributed by atoms with Gasteiger partial charge in [-0.3, -0.25) is 34.0 Å². The molecule has 0 aliphatic carbocycles. The molecule has 0 heterocycles. The van der Waals surface area contributed by atoms with Crippen molar-refractivity contribution >= 4 is 35.3 Å². The molecule has 1 unspecified atom stereocenters. The number of nitrogens with one attached hydrogen (secondary N) is 4. The largest absolute Gasteiger partial charge is 0.368 e. The van der Waals surface area contributed by atoms with Gasteiger partial charge >= 0.3 is 0 Å². The molecule has 0 saturated carbocycles. The maximum absolute atomic E-state index is 13.8. The van der Waals surface area contributed by atoms with Crippen LogP contribution in [0.15, 0.2) is 84.9 Å². The topological polar surface area (TPSA) is 197 Å². The average Bonchev–Trinajstić information content (AvgIpc) is 3.14. The minimum absolute atomic E-state index is 0.00280. The van der Waals surface area contributed by atoms with Crippen LogP contribution in [-0.2, 0) is 36.8 Å². The van der Waals surface area contributed by atoms with E-state index in [2.05, 4.69) is 22.9 Å². The Bertz CT molecular complexity index is 1580.